The molecule has 5 heteroatoms. The normalized spacial score (nSPS) is 19.6. The number of nitrogens with zero attached hydrogens (tertiary/aromatic N) is 1. The quantitative estimate of drug-likeness (QED) is 0.878. The lowest BCUT2D eigenvalue weighted by atomic mass is 9.96. The number of thiophene rings is 1. The highest BCUT2D eigenvalue weighted by Crippen LogP contribution is 2.29. The van der Waals surface area contributed by atoms with E-state index in [4.69, 9.17) is 0 Å². The number of hydrogen-bond donors (Lipinski definition) is 2. The van der Waals surface area contributed by atoms with Crippen LogP contribution in [0.1, 0.15) is 33.6 Å². The molecule has 1 aliphatic heterocycles. The first-order chi connectivity index (χ1) is 9.84. The van der Waals surface area contributed by atoms with Gasteiger partial charge in [0.25, 0.3) is 5.91 Å². The molecule has 0 unspecified atom stereocenters. The minimum absolute atomic E-state index is 0.125. The van der Waals surface area contributed by atoms with Crippen molar-refractivity contribution in [3.05, 3.63) is 21.4 Å². The molecule has 1 aromatic rings. The molecule has 0 saturated carbocycles. The number of hydrogen-bond acceptors (Lipinski definition) is 4. The first-order valence-electron chi connectivity index (χ1n) is 7.65. The van der Waals surface area contributed by atoms with Crippen molar-refractivity contribution in [2.75, 3.05) is 39.3 Å². The van der Waals surface area contributed by atoms with Gasteiger partial charge in [0.1, 0.15) is 0 Å². The van der Waals surface area contributed by atoms with Gasteiger partial charge in [-0.2, -0.15) is 0 Å². The highest BCUT2D eigenvalue weighted by Gasteiger charge is 2.20. The molecule has 0 aromatic carbocycles. The Morgan fingerprint density at radius 1 is 1.30 bits per heavy atom. The second-order valence-corrected chi connectivity index (χ2v) is 6.57. The summed E-state index contributed by atoms with van der Waals surface area (Å²) in [5, 5.41) is 8.48. The van der Waals surface area contributed by atoms with Gasteiger partial charge in [-0.25, -0.2) is 0 Å². The van der Waals surface area contributed by atoms with Gasteiger partial charge in [-0.1, -0.05) is 0 Å². The van der Waals surface area contributed by atoms with Crippen molar-refractivity contribution < 1.29 is 4.79 Å². The Kier molecular flexibility index (Phi) is 4.70. The lowest BCUT2D eigenvalue weighted by Gasteiger charge is -2.27. The molecule has 2 N–H and O–H groups in total. The fraction of sp³-hybridized carbons (Fsp3) is 0.667. The van der Waals surface area contributed by atoms with E-state index in [0.717, 1.165) is 57.7 Å². The SMILES string of the molecule is O=C(NCCN1CCNCC1)c1csc2c1CCCC2. The van der Waals surface area contributed by atoms with Gasteiger partial charge < -0.3 is 10.6 Å². The van der Waals surface area contributed by atoms with Gasteiger partial charge in [-0.05, 0) is 31.2 Å². The van der Waals surface area contributed by atoms with Crippen molar-refractivity contribution in [2.45, 2.75) is 25.7 Å². The number of aryl methyl sites for hydroxylation is 1. The molecular weight excluding hydrogens is 270 g/mol. The fourth-order valence-corrected chi connectivity index (χ4v) is 4.17. The second kappa shape index (κ2) is 6.70. The van der Waals surface area contributed by atoms with Gasteiger partial charge in [0.05, 0.1) is 5.56 Å². The molecule has 3 rings (SSSR count). The molecule has 1 saturated heterocycles. The Labute approximate surface area is 124 Å². The van der Waals surface area contributed by atoms with Gasteiger partial charge >= 0.3 is 0 Å². The van der Waals surface area contributed by atoms with Crippen LogP contribution < -0.4 is 10.6 Å². The summed E-state index contributed by atoms with van der Waals surface area (Å²) >= 11 is 1.76. The van der Waals surface area contributed by atoms with E-state index < -0.39 is 0 Å². The molecule has 1 fully saturated rings. The highest BCUT2D eigenvalue weighted by atomic mass is 32.1. The van der Waals surface area contributed by atoms with Gasteiger partial charge in [0.15, 0.2) is 0 Å². The number of carbonyl (C=O) groups excluding carboxylic acids is 1. The standard InChI is InChI=1S/C15H23N3OS/c19-15(17-7-10-18-8-5-16-6-9-18)13-11-20-14-4-2-1-3-12(13)14/h11,16H,1-10H2,(H,17,19). The van der Waals surface area contributed by atoms with Gasteiger partial charge in [-0.15, -0.1) is 11.3 Å². The third-order valence-electron chi connectivity index (χ3n) is 4.23. The number of carbonyl (C=O) groups is 1. The molecule has 1 aliphatic carbocycles. The zero-order valence-corrected chi connectivity index (χ0v) is 12.7. The van der Waals surface area contributed by atoms with E-state index >= 15 is 0 Å². The van der Waals surface area contributed by atoms with Gasteiger partial charge in [0, 0.05) is 49.5 Å². The molecule has 4 nitrogen and oxygen atoms in total. The first kappa shape index (κ1) is 14.0. The van der Waals surface area contributed by atoms with Crippen molar-refractivity contribution in [3.8, 4) is 0 Å². The van der Waals surface area contributed by atoms with E-state index in [-0.39, 0.29) is 5.91 Å². The summed E-state index contributed by atoms with van der Waals surface area (Å²) in [6, 6.07) is 0. The number of nitrogens with one attached hydrogen (secondary N) is 2. The summed E-state index contributed by atoms with van der Waals surface area (Å²) < 4.78 is 0. The summed E-state index contributed by atoms with van der Waals surface area (Å²) in [5.41, 5.74) is 2.26. The van der Waals surface area contributed by atoms with Crippen LogP contribution in [0.3, 0.4) is 0 Å². The molecule has 0 radical (unpaired) electrons. The molecule has 0 bridgehead atoms. The molecule has 1 aromatic heterocycles. The lowest BCUT2D eigenvalue weighted by molar-refractivity contribution is 0.0946. The summed E-state index contributed by atoms with van der Waals surface area (Å²) in [5.74, 6) is 0.125. The average Bonchev–Trinajstić information content (AvgIpc) is 2.92. The predicted octanol–water partition coefficient (Wildman–Crippen LogP) is 1.26. The smallest absolute Gasteiger partial charge is 0.252 e. The third-order valence-corrected chi connectivity index (χ3v) is 5.32. The van der Waals surface area contributed by atoms with Crippen molar-refractivity contribution in [2.24, 2.45) is 0 Å². The van der Waals surface area contributed by atoms with Crippen LogP contribution in [0.25, 0.3) is 0 Å². The van der Waals surface area contributed by atoms with Crippen LogP contribution in [0.4, 0.5) is 0 Å². The Bertz CT molecular complexity index is 466. The van der Waals surface area contributed by atoms with Crippen LogP contribution in [0, 0.1) is 0 Å². The summed E-state index contributed by atoms with van der Waals surface area (Å²) in [7, 11) is 0. The maximum atomic E-state index is 12.3. The Morgan fingerprint density at radius 3 is 2.95 bits per heavy atom. The van der Waals surface area contributed by atoms with Crippen molar-refractivity contribution in [1.29, 1.82) is 0 Å². The van der Waals surface area contributed by atoms with E-state index in [2.05, 4.69) is 20.9 Å². The van der Waals surface area contributed by atoms with Crippen LogP contribution in [-0.2, 0) is 12.8 Å². The van der Waals surface area contributed by atoms with Crippen LogP contribution in [0.5, 0.6) is 0 Å². The predicted molar refractivity (Wildman–Crippen MR) is 82.6 cm³/mol. The maximum Gasteiger partial charge on any atom is 0.252 e. The largest absolute Gasteiger partial charge is 0.351 e. The first-order valence-corrected chi connectivity index (χ1v) is 8.53. The molecule has 0 spiro atoms. The molecule has 2 heterocycles. The van der Waals surface area contributed by atoms with Crippen LogP contribution in [-0.4, -0.2) is 50.1 Å². The summed E-state index contributed by atoms with van der Waals surface area (Å²) in [6.07, 6.45) is 4.75. The second-order valence-electron chi connectivity index (χ2n) is 5.61. The van der Waals surface area contributed by atoms with Crippen molar-refractivity contribution in [1.82, 2.24) is 15.5 Å². The molecular formula is C15H23N3OS. The van der Waals surface area contributed by atoms with Crippen molar-refractivity contribution >= 4 is 17.2 Å². The lowest BCUT2D eigenvalue weighted by Crippen LogP contribution is -2.46. The van der Waals surface area contributed by atoms with E-state index in [1.54, 1.807) is 11.3 Å². The number of rotatable bonds is 4. The minimum Gasteiger partial charge on any atom is -0.351 e. The van der Waals surface area contributed by atoms with Crippen LogP contribution in [0.2, 0.25) is 0 Å². The van der Waals surface area contributed by atoms with E-state index in [0.29, 0.717) is 0 Å². The van der Waals surface area contributed by atoms with Crippen LogP contribution in [0.15, 0.2) is 5.38 Å². The Hall–Kier alpha value is -0.910. The summed E-state index contributed by atoms with van der Waals surface area (Å²) in [6.45, 7) is 6.01. The maximum absolute atomic E-state index is 12.3. The Balaban J connectivity index is 1.50. The van der Waals surface area contributed by atoms with E-state index in [1.807, 2.05) is 0 Å². The molecule has 110 valence electrons. The average molecular weight is 293 g/mol. The summed E-state index contributed by atoms with van der Waals surface area (Å²) in [4.78, 5) is 16.1. The van der Waals surface area contributed by atoms with Crippen LogP contribution >= 0.6 is 11.3 Å². The third kappa shape index (κ3) is 3.22. The number of amides is 1. The highest BCUT2D eigenvalue weighted by molar-refractivity contribution is 7.10. The number of fused-ring (bicyclic) bond motifs is 1. The van der Waals surface area contributed by atoms with Crippen molar-refractivity contribution in [3.63, 3.8) is 0 Å². The zero-order chi connectivity index (χ0) is 13.8. The molecule has 1 amide bonds. The van der Waals surface area contributed by atoms with Gasteiger partial charge in [0.2, 0.25) is 0 Å². The van der Waals surface area contributed by atoms with E-state index in [9.17, 15) is 4.79 Å². The van der Waals surface area contributed by atoms with E-state index in [1.165, 1.54) is 23.3 Å². The Morgan fingerprint density at radius 2 is 2.10 bits per heavy atom. The minimum atomic E-state index is 0.125. The number of piperazine rings is 1. The monoisotopic (exact) mass is 293 g/mol. The fourth-order valence-electron chi connectivity index (χ4n) is 3.04. The van der Waals surface area contributed by atoms with Gasteiger partial charge in [-0.3, -0.25) is 9.69 Å². The molecule has 0 atom stereocenters. The molecule has 2 aliphatic rings. The molecule has 20 heavy (non-hydrogen) atoms. The topological polar surface area (TPSA) is 44.4 Å². The zero-order valence-electron chi connectivity index (χ0n) is 11.9.